The smallest absolute Gasteiger partial charge is 0.194 e. The van der Waals surface area contributed by atoms with Gasteiger partial charge in [0.15, 0.2) is 5.96 Å². The van der Waals surface area contributed by atoms with Gasteiger partial charge in [-0.1, -0.05) is 6.92 Å². The zero-order valence-corrected chi connectivity index (χ0v) is 8.39. The van der Waals surface area contributed by atoms with Gasteiger partial charge in [0.05, 0.1) is 6.54 Å². The molecule has 1 aliphatic heterocycles. The Balaban J connectivity index is 2.42. The summed E-state index contributed by atoms with van der Waals surface area (Å²) in [7, 11) is 0. The summed E-state index contributed by atoms with van der Waals surface area (Å²) in [5, 5.41) is 3.00. The highest BCUT2D eigenvalue weighted by atomic mass is 19.1. The van der Waals surface area contributed by atoms with Gasteiger partial charge in [-0.2, -0.15) is 0 Å². The van der Waals surface area contributed by atoms with Crippen LogP contribution in [0.3, 0.4) is 0 Å². The molecule has 0 aromatic rings. The zero-order valence-electron chi connectivity index (χ0n) is 8.39. The molecule has 76 valence electrons. The number of nitrogens with zero attached hydrogens (tertiary/aromatic N) is 2. The Bertz CT molecular complexity index is 182. The van der Waals surface area contributed by atoms with Gasteiger partial charge in [-0.05, 0) is 13.3 Å². The monoisotopic (exact) mass is 187 g/mol. The molecule has 1 unspecified atom stereocenters. The quantitative estimate of drug-likeness (QED) is 0.711. The summed E-state index contributed by atoms with van der Waals surface area (Å²) in [5.74, 6) is 0.868. The number of hydrogen-bond acceptors (Lipinski definition) is 3. The molecule has 4 heteroatoms. The number of rotatable bonds is 4. The van der Waals surface area contributed by atoms with Crippen molar-refractivity contribution in [2.24, 2.45) is 4.99 Å². The molecule has 13 heavy (non-hydrogen) atoms. The fourth-order valence-electron chi connectivity index (χ4n) is 1.43. The topological polar surface area (TPSA) is 27.6 Å². The van der Waals surface area contributed by atoms with E-state index in [-0.39, 0.29) is 6.67 Å². The minimum absolute atomic E-state index is 0.340. The second-order valence-corrected chi connectivity index (χ2v) is 3.27. The Labute approximate surface area is 79.0 Å². The standard InChI is InChI=1S/C9H18FN3/c1-3-8(2)13-7-6-12-9(13)11-5-4-10/h8H,3-7H2,1-2H3,(H,11,12). The van der Waals surface area contributed by atoms with Gasteiger partial charge in [0.1, 0.15) is 6.67 Å². The van der Waals surface area contributed by atoms with E-state index < -0.39 is 0 Å². The molecule has 0 aliphatic carbocycles. The van der Waals surface area contributed by atoms with E-state index in [4.69, 9.17) is 0 Å². The molecule has 1 N–H and O–H groups in total. The summed E-state index contributed by atoms with van der Waals surface area (Å²) < 4.78 is 11.9. The lowest BCUT2D eigenvalue weighted by Crippen LogP contribution is -2.43. The van der Waals surface area contributed by atoms with Gasteiger partial charge in [-0.25, -0.2) is 4.39 Å². The van der Waals surface area contributed by atoms with Crippen LogP contribution in [0.25, 0.3) is 0 Å². The normalized spacial score (nSPS) is 18.7. The highest BCUT2D eigenvalue weighted by Gasteiger charge is 2.20. The minimum Gasteiger partial charge on any atom is -0.354 e. The molecule has 1 atom stereocenters. The molecular formula is C9H18FN3. The van der Waals surface area contributed by atoms with Crippen molar-refractivity contribution in [1.82, 2.24) is 10.2 Å². The molecule has 0 fully saturated rings. The van der Waals surface area contributed by atoms with Crippen LogP contribution in [0.4, 0.5) is 4.39 Å². The molecule has 0 spiro atoms. The summed E-state index contributed by atoms with van der Waals surface area (Å²) in [5.41, 5.74) is 0. The Morgan fingerprint density at radius 1 is 1.69 bits per heavy atom. The van der Waals surface area contributed by atoms with Crippen molar-refractivity contribution >= 4 is 5.96 Å². The number of guanidine groups is 1. The van der Waals surface area contributed by atoms with Gasteiger partial charge < -0.3 is 10.2 Å². The van der Waals surface area contributed by atoms with Crippen LogP contribution in [0, 0.1) is 0 Å². The van der Waals surface area contributed by atoms with Gasteiger partial charge in [0, 0.05) is 19.1 Å². The Hall–Kier alpha value is -0.800. The van der Waals surface area contributed by atoms with Crippen LogP contribution in [0.5, 0.6) is 0 Å². The molecule has 0 amide bonds. The first-order valence-corrected chi connectivity index (χ1v) is 4.90. The average Bonchev–Trinajstić information content (AvgIpc) is 2.61. The maximum Gasteiger partial charge on any atom is 0.194 e. The van der Waals surface area contributed by atoms with Crippen molar-refractivity contribution in [2.45, 2.75) is 26.3 Å². The number of aliphatic imine (C=N–C) groups is 1. The number of halogens is 1. The zero-order chi connectivity index (χ0) is 9.68. The molecule has 0 saturated carbocycles. The lowest BCUT2D eigenvalue weighted by molar-refractivity contribution is 0.337. The summed E-state index contributed by atoms with van der Waals surface area (Å²) in [6, 6.07) is 0.494. The van der Waals surface area contributed by atoms with E-state index in [1.807, 2.05) is 0 Å². The number of nitrogens with one attached hydrogen (secondary N) is 1. The molecule has 1 rings (SSSR count). The van der Waals surface area contributed by atoms with Crippen molar-refractivity contribution in [2.75, 3.05) is 26.3 Å². The first-order chi connectivity index (χ1) is 6.29. The largest absolute Gasteiger partial charge is 0.354 e. The third-order valence-corrected chi connectivity index (χ3v) is 2.38. The molecular weight excluding hydrogens is 169 g/mol. The molecule has 1 aliphatic rings. The lowest BCUT2D eigenvalue weighted by Gasteiger charge is -2.26. The Kier molecular flexibility index (Phi) is 3.99. The van der Waals surface area contributed by atoms with E-state index in [0.29, 0.717) is 12.6 Å². The predicted molar refractivity (Wildman–Crippen MR) is 52.7 cm³/mol. The van der Waals surface area contributed by atoms with Gasteiger partial charge in [-0.15, -0.1) is 0 Å². The molecule has 0 aromatic carbocycles. The van der Waals surface area contributed by atoms with Gasteiger partial charge in [0.25, 0.3) is 0 Å². The van der Waals surface area contributed by atoms with Crippen LogP contribution in [0.1, 0.15) is 20.3 Å². The molecule has 3 nitrogen and oxygen atoms in total. The van der Waals surface area contributed by atoms with E-state index in [9.17, 15) is 4.39 Å². The summed E-state index contributed by atoms with van der Waals surface area (Å²) >= 11 is 0. The maximum atomic E-state index is 11.9. The van der Waals surface area contributed by atoms with E-state index in [1.165, 1.54) is 0 Å². The first-order valence-electron chi connectivity index (χ1n) is 4.90. The van der Waals surface area contributed by atoms with Crippen molar-refractivity contribution in [3.63, 3.8) is 0 Å². The van der Waals surface area contributed by atoms with Gasteiger partial charge in [0.2, 0.25) is 0 Å². The number of alkyl halides is 1. The van der Waals surface area contributed by atoms with Crippen molar-refractivity contribution in [3.8, 4) is 0 Å². The van der Waals surface area contributed by atoms with Gasteiger partial charge in [-0.3, -0.25) is 4.99 Å². The van der Waals surface area contributed by atoms with Crippen LogP contribution >= 0.6 is 0 Å². The molecule has 1 heterocycles. The van der Waals surface area contributed by atoms with Crippen LogP contribution in [-0.4, -0.2) is 43.2 Å². The summed E-state index contributed by atoms with van der Waals surface area (Å²) in [6.07, 6.45) is 1.09. The highest BCUT2D eigenvalue weighted by molar-refractivity contribution is 5.81. The third-order valence-electron chi connectivity index (χ3n) is 2.38. The minimum atomic E-state index is -0.340. The predicted octanol–water partition coefficient (Wildman–Crippen LogP) is 1.02. The van der Waals surface area contributed by atoms with E-state index in [2.05, 4.69) is 29.1 Å². The third kappa shape index (κ3) is 2.57. The van der Waals surface area contributed by atoms with Crippen LogP contribution in [-0.2, 0) is 0 Å². The van der Waals surface area contributed by atoms with Crippen molar-refractivity contribution < 1.29 is 4.39 Å². The summed E-state index contributed by atoms with van der Waals surface area (Å²) in [6.45, 7) is 6.13. The van der Waals surface area contributed by atoms with E-state index in [0.717, 1.165) is 25.5 Å². The number of hydrogen-bond donors (Lipinski definition) is 1. The second-order valence-electron chi connectivity index (χ2n) is 3.27. The maximum absolute atomic E-state index is 11.9. The fourth-order valence-corrected chi connectivity index (χ4v) is 1.43. The van der Waals surface area contributed by atoms with Gasteiger partial charge >= 0.3 is 0 Å². The lowest BCUT2D eigenvalue weighted by atomic mass is 10.2. The SMILES string of the molecule is CCC(C)N1CCN=C1NCCF. The first kappa shape index (κ1) is 10.3. The molecule has 0 radical (unpaired) electrons. The van der Waals surface area contributed by atoms with Crippen LogP contribution in [0.2, 0.25) is 0 Å². The Morgan fingerprint density at radius 3 is 3.08 bits per heavy atom. The fraction of sp³-hybridized carbons (Fsp3) is 0.889. The van der Waals surface area contributed by atoms with Crippen LogP contribution in [0.15, 0.2) is 4.99 Å². The second kappa shape index (κ2) is 5.04. The summed E-state index contributed by atoms with van der Waals surface area (Å²) in [4.78, 5) is 6.49. The van der Waals surface area contributed by atoms with E-state index in [1.54, 1.807) is 0 Å². The van der Waals surface area contributed by atoms with Crippen molar-refractivity contribution in [1.29, 1.82) is 0 Å². The average molecular weight is 187 g/mol. The Morgan fingerprint density at radius 2 is 2.46 bits per heavy atom. The van der Waals surface area contributed by atoms with Crippen molar-refractivity contribution in [3.05, 3.63) is 0 Å². The van der Waals surface area contributed by atoms with Crippen LogP contribution < -0.4 is 5.32 Å². The molecule has 0 aromatic heterocycles. The molecule has 0 saturated heterocycles. The molecule has 0 bridgehead atoms. The van der Waals surface area contributed by atoms with E-state index >= 15 is 0 Å². The highest BCUT2D eigenvalue weighted by Crippen LogP contribution is 2.08.